The predicted molar refractivity (Wildman–Crippen MR) is 102 cm³/mol. The van der Waals surface area contributed by atoms with E-state index in [-0.39, 0.29) is 12.8 Å². The maximum absolute atomic E-state index is 12.8. The Kier molecular flexibility index (Phi) is 7.69. The Morgan fingerprint density at radius 2 is 1.59 bits per heavy atom. The maximum atomic E-state index is 12.8. The number of likely N-dealkylation sites (tertiary alicyclic amines) is 1. The van der Waals surface area contributed by atoms with Gasteiger partial charge in [-0.1, -0.05) is 46.8 Å². The molecule has 1 aliphatic rings. The van der Waals surface area contributed by atoms with Crippen LogP contribution in [0.15, 0.2) is 24.3 Å². The highest BCUT2D eigenvalue weighted by atomic mass is 16.5. The van der Waals surface area contributed by atoms with Crippen molar-refractivity contribution >= 4 is 29.2 Å². The van der Waals surface area contributed by atoms with Crippen LogP contribution in [0.2, 0.25) is 0 Å². The number of benzene rings is 1. The number of rotatable bonds is 5. The molecule has 0 bridgehead atoms. The molecule has 0 aliphatic carbocycles. The summed E-state index contributed by atoms with van der Waals surface area (Å²) >= 11 is 0. The van der Waals surface area contributed by atoms with Crippen LogP contribution in [0.25, 0.3) is 0 Å². The minimum absolute atomic E-state index is 0.00863. The van der Waals surface area contributed by atoms with Crippen LogP contribution in [-0.4, -0.2) is 41.6 Å². The van der Waals surface area contributed by atoms with E-state index in [2.05, 4.69) is 5.32 Å². The molecule has 0 saturated carbocycles. The molecule has 0 spiro atoms. The highest BCUT2D eigenvalue weighted by Crippen LogP contribution is 2.27. The highest BCUT2D eigenvalue weighted by molar-refractivity contribution is 6.18. The van der Waals surface area contributed by atoms with Crippen LogP contribution in [0.1, 0.15) is 47.5 Å². The summed E-state index contributed by atoms with van der Waals surface area (Å²) in [7, 11) is 1.45. The molecule has 7 heteroatoms. The molecular formula is C20H28N2O5. The second-order valence-corrected chi connectivity index (χ2v) is 6.86. The number of Topliss-reactive ketones (excluding diaryl/α,β-unsaturated/α-hetero) is 1. The van der Waals surface area contributed by atoms with Gasteiger partial charge in [-0.05, 0) is 12.1 Å². The van der Waals surface area contributed by atoms with Crippen molar-refractivity contribution in [2.45, 2.75) is 53.5 Å². The molecule has 1 heterocycles. The van der Waals surface area contributed by atoms with Crippen LogP contribution in [-0.2, 0) is 19.2 Å². The average molecular weight is 376 g/mol. The average Bonchev–Trinajstić information content (AvgIpc) is 2.96. The summed E-state index contributed by atoms with van der Waals surface area (Å²) in [6.45, 7) is 8.93. The second-order valence-electron chi connectivity index (χ2n) is 6.86. The monoisotopic (exact) mass is 376 g/mol. The van der Waals surface area contributed by atoms with Crippen LogP contribution >= 0.6 is 0 Å². The third kappa shape index (κ3) is 5.15. The van der Waals surface area contributed by atoms with E-state index in [4.69, 9.17) is 4.74 Å². The quantitative estimate of drug-likeness (QED) is 0.630. The lowest BCUT2D eigenvalue weighted by Gasteiger charge is -2.29. The fourth-order valence-electron chi connectivity index (χ4n) is 2.59. The molecule has 2 rings (SSSR count). The smallest absolute Gasteiger partial charge is 0.255 e. The molecule has 1 atom stereocenters. The summed E-state index contributed by atoms with van der Waals surface area (Å²) in [4.78, 5) is 50.6. The summed E-state index contributed by atoms with van der Waals surface area (Å²) in [5, 5.41) is 2.60. The lowest BCUT2D eigenvalue weighted by molar-refractivity contribution is -0.152. The van der Waals surface area contributed by atoms with Crippen molar-refractivity contribution < 1.29 is 23.9 Å². The maximum Gasteiger partial charge on any atom is 0.255 e. The number of methoxy groups -OCH3 is 1. The first-order chi connectivity index (χ1) is 12.7. The van der Waals surface area contributed by atoms with Crippen LogP contribution in [0.5, 0.6) is 5.75 Å². The fraction of sp³-hybridized carbons (Fsp3) is 0.500. The summed E-state index contributed by atoms with van der Waals surface area (Å²) in [6.07, 6.45) is 0.0173. The molecular weight excluding hydrogens is 348 g/mol. The van der Waals surface area contributed by atoms with E-state index in [0.717, 1.165) is 4.90 Å². The van der Waals surface area contributed by atoms with Gasteiger partial charge < -0.3 is 10.1 Å². The Balaban J connectivity index is 0.00000176. The SMILES string of the molecule is CC.COc1ccccc1NC(=O)C(C(=O)C(C)(C)C)N1C(=O)CCC1=O. The van der Waals surface area contributed by atoms with Gasteiger partial charge >= 0.3 is 0 Å². The van der Waals surface area contributed by atoms with E-state index in [1.54, 1.807) is 45.0 Å². The molecule has 1 aromatic carbocycles. The van der Waals surface area contributed by atoms with Gasteiger partial charge in [0.05, 0.1) is 12.8 Å². The van der Waals surface area contributed by atoms with Gasteiger partial charge in [-0.2, -0.15) is 0 Å². The Labute approximate surface area is 160 Å². The number of anilines is 1. The van der Waals surface area contributed by atoms with Gasteiger partial charge in [0.2, 0.25) is 11.8 Å². The summed E-state index contributed by atoms with van der Waals surface area (Å²) in [5.41, 5.74) is -0.535. The van der Waals surface area contributed by atoms with Gasteiger partial charge in [-0.3, -0.25) is 24.1 Å². The first-order valence-electron chi connectivity index (χ1n) is 9.00. The van der Waals surface area contributed by atoms with Gasteiger partial charge in [0, 0.05) is 18.3 Å². The van der Waals surface area contributed by atoms with Crippen molar-refractivity contribution in [3.05, 3.63) is 24.3 Å². The van der Waals surface area contributed by atoms with E-state index >= 15 is 0 Å². The number of hydrogen-bond donors (Lipinski definition) is 1. The minimum Gasteiger partial charge on any atom is -0.495 e. The van der Waals surface area contributed by atoms with Crippen LogP contribution in [0.3, 0.4) is 0 Å². The van der Waals surface area contributed by atoms with E-state index < -0.39 is 35.0 Å². The number of ether oxygens (including phenoxy) is 1. The molecule has 3 amide bonds. The molecule has 0 radical (unpaired) electrons. The first kappa shape index (κ1) is 22.3. The molecule has 1 saturated heterocycles. The van der Waals surface area contributed by atoms with Crippen molar-refractivity contribution in [2.75, 3.05) is 12.4 Å². The molecule has 7 nitrogen and oxygen atoms in total. The zero-order chi connectivity index (χ0) is 20.8. The van der Waals surface area contributed by atoms with Gasteiger partial charge in [-0.25, -0.2) is 0 Å². The number of amides is 3. The standard InChI is InChI=1S/C18H22N2O5.C2H6/c1-18(2,3)16(23)15(20-13(21)9-10-14(20)22)17(24)19-11-7-5-6-8-12(11)25-4;1-2/h5-8,15H,9-10H2,1-4H3,(H,19,24);1-2H3. The number of para-hydroxylation sites is 2. The molecule has 27 heavy (non-hydrogen) atoms. The third-order valence-electron chi connectivity index (χ3n) is 3.95. The normalized spacial score (nSPS) is 15.0. The number of carbonyl (C=O) groups is 4. The lowest BCUT2D eigenvalue weighted by Crippen LogP contribution is -2.54. The van der Waals surface area contributed by atoms with Crippen molar-refractivity contribution in [1.29, 1.82) is 0 Å². The lowest BCUT2D eigenvalue weighted by atomic mass is 9.85. The third-order valence-corrected chi connectivity index (χ3v) is 3.95. The van der Waals surface area contributed by atoms with Crippen molar-refractivity contribution in [2.24, 2.45) is 5.41 Å². The number of imide groups is 1. The highest BCUT2D eigenvalue weighted by Gasteiger charge is 2.46. The molecule has 1 N–H and O–H groups in total. The summed E-state index contributed by atoms with van der Waals surface area (Å²) in [6, 6.07) is 5.21. The number of carbonyl (C=O) groups excluding carboxylic acids is 4. The minimum atomic E-state index is -1.49. The zero-order valence-corrected chi connectivity index (χ0v) is 16.8. The van der Waals surface area contributed by atoms with Crippen LogP contribution in [0, 0.1) is 5.41 Å². The van der Waals surface area contributed by atoms with E-state index in [1.165, 1.54) is 7.11 Å². The van der Waals surface area contributed by atoms with E-state index in [0.29, 0.717) is 11.4 Å². The summed E-state index contributed by atoms with van der Waals surface area (Å²) < 4.78 is 5.17. The molecule has 0 aromatic heterocycles. The Morgan fingerprint density at radius 1 is 1.07 bits per heavy atom. The van der Waals surface area contributed by atoms with Crippen LogP contribution < -0.4 is 10.1 Å². The molecule has 1 unspecified atom stereocenters. The predicted octanol–water partition coefficient (Wildman–Crippen LogP) is 2.79. The largest absolute Gasteiger partial charge is 0.495 e. The van der Waals surface area contributed by atoms with E-state index in [1.807, 2.05) is 13.8 Å². The number of hydrogen-bond acceptors (Lipinski definition) is 5. The topological polar surface area (TPSA) is 92.8 Å². The van der Waals surface area contributed by atoms with Crippen molar-refractivity contribution in [3.63, 3.8) is 0 Å². The van der Waals surface area contributed by atoms with Crippen molar-refractivity contribution in [3.8, 4) is 5.75 Å². The molecule has 1 aromatic rings. The zero-order valence-electron chi connectivity index (χ0n) is 16.8. The number of nitrogens with zero attached hydrogens (tertiary/aromatic N) is 1. The first-order valence-corrected chi connectivity index (χ1v) is 9.00. The number of nitrogens with one attached hydrogen (secondary N) is 1. The van der Waals surface area contributed by atoms with E-state index in [9.17, 15) is 19.2 Å². The van der Waals surface area contributed by atoms with Crippen LogP contribution in [0.4, 0.5) is 5.69 Å². The summed E-state index contributed by atoms with van der Waals surface area (Å²) in [5.74, 6) is -1.83. The molecule has 148 valence electrons. The fourth-order valence-corrected chi connectivity index (χ4v) is 2.59. The Hall–Kier alpha value is -2.70. The van der Waals surface area contributed by atoms with Gasteiger partial charge in [0.1, 0.15) is 5.75 Å². The number of ketones is 1. The Bertz CT molecular complexity index is 705. The van der Waals surface area contributed by atoms with Crippen molar-refractivity contribution in [1.82, 2.24) is 4.90 Å². The van der Waals surface area contributed by atoms with Gasteiger partial charge in [-0.15, -0.1) is 0 Å². The molecule has 1 aliphatic heterocycles. The second kappa shape index (κ2) is 9.30. The van der Waals surface area contributed by atoms with Gasteiger partial charge in [0.25, 0.3) is 5.91 Å². The molecule has 1 fully saturated rings. The van der Waals surface area contributed by atoms with Gasteiger partial charge in [0.15, 0.2) is 11.8 Å². The Morgan fingerprint density at radius 3 is 2.07 bits per heavy atom.